The van der Waals surface area contributed by atoms with Gasteiger partial charge in [-0.1, -0.05) is 0 Å². The first-order valence-corrected chi connectivity index (χ1v) is 9.55. The molecule has 2 rings (SSSR count). The maximum atomic E-state index is 13.2. The summed E-state index contributed by atoms with van der Waals surface area (Å²) in [5.41, 5.74) is -0.535. The van der Waals surface area contributed by atoms with Crippen LogP contribution in [0.25, 0.3) is 0 Å². The van der Waals surface area contributed by atoms with E-state index in [1.54, 1.807) is 13.8 Å². The molecule has 1 fully saturated rings. The quantitative estimate of drug-likeness (QED) is 0.313. The van der Waals surface area contributed by atoms with E-state index in [1.165, 1.54) is 6.07 Å². The molecular weight excluding hydrogens is 389 g/mol. The predicted octanol–water partition coefficient (Wildman–Crippen LogP) is 4.12. The van der Waals surface area contributed by atoms with Crippen molar-refractivity contribution in [3.63, 3.8) is 0 Å². The Morgan fingerprint density at radius 3 is 2.17 bits per heavy atom. The number of rotatable bonds is 7. The van der Waals surface area contributed by atoms with E-state index in [-0.39, 0.29) is 18.9 Å². The van der Waals surface area contributed by atoms with Crippen molar-refractivity contribution < 1.29 is 32.2 Å². The van der Waals surface area contributed by atoms with Gasteiger partial charge in [0.1, 0.15) is 0 Å². The van der Waals surface area contributed by atoms with E-state index in [1.807, 2.05) is 4.90 Å². The van der Waals surface area contributed by atoms with Gasteiger partial charge >= 0.3 is 18.1 Å². The van der Waals surface area contributed by atoms with Crippen molar-refractivity contribution >= 4 is 23.3 Å². The molecule has 9 heteroatoms. The van der Waals surface area contributed by atoms with Crippen molar-refractivity contribution in [1.29, 1.82) is 0 Å². The van der Waals surface area contributed by atoms with Crippen LogP contribution < -0.4 is 10.2 Å². The maximum absolute atomic E-state index is 13.2. The fourth-order valence-electron chi connectivity index (χ4n) is 3.01. The number of nitrogens with zero attached hydrogens (tertiary/aromatic N) is 1. The van der Waals surface area contributed by atoms with Crippen LogP contribution in [0, 0.1) is 0 Å². The Hall–Kier alpha value is -2.71. The number of carbonyl (C=O) groups is 2. The number of esters is 2. The highest BCUT2D eigenvalue weighted by atomic mass is 19.4. The monoisotopic (exact) mass is 414 g/mol. The smallest absolute Gasteiger partial charge is 0.416 e. The summed E-state index contributed by atoms with van der Waals surface area (Å²) >= 11 is 0. The highest BCUT2D eigenvalue weighted by Crippen LogP contribution is 2.36. The molecule has 1 heterocycles. The highest BCUT2D eigenvalue weighted by Gasteiger charge is 2.31. The molecular formula is C20H25F3N2O4. The van der Waals surface area contributed by atoms with Gasteiger partial charge < -0.3 is 19.7 Å². The van der Waals surface area contributed by atoms with Gasteiger partial charge in [-0.25, -0.2) is 9.59 Å². The first-order chi connectivity index (χ1) is 13.8. The van der Waals surface area contributed by atoms with Gasteiger partial charge in [-0.05, 0) is 51.3 Å². The Bertz CT molecular complexity index is 737. The fraction of sp³-hybridized carbons (Fsp3) is 0.500. The van der Waals surface area contributed by atoms with E-state index < -0.39 is 29.3 Å². The van der Waals surface area contributed by atoms with E-state index >= 15 is 0 Å². The summed E-state index contributed by atoms with van der Waals surface area (Å²) in [7, 11) is 0. The van der Waals surface area contributed by atoms with Gasteiger partial charge in [0.2, 0.25) is 0 Å². The Morgan fingerprint density at radius 1 is 1.07 bits per heavy atom. The summed E-state index contributed by atoms with van der Waals surface area (Å²) in [6.07, 6.45) is -0.541. The Labute approximate surface area is 167 Å². The first kappa shape index (κ1) is 22.6. The zero-order chi connectivity index (χ0) is 21.4. The van der Waals surface area contributed by atoms with E-state index in [9.17, 15) is 22.8 Å². The average molecular weight is 414 g/mol. The Balaban J connectivity index is 2.41. The molecule has 1 aliphatic heterocycles. The number of benzene rings is 1. The zero-order valence-electron chi connectivity index (χ0n) is 16.5. The summed E-state index contributed by atoms with van der Waals surface area (Å²) in [5, 5.41) is 2.70. The molecule has 29 heavy (non-hydrogen) atoms. The minimum absolute atomic E-state index is 0.0398. The minimum atomic E-state index is -4.52. The highest BCUT2D eigenvalue weighted by molar-refractivity contribution is 6.14. The number of hydrogen-bond acceptors (Lipinski definition) is 6. The second-order valence-electron chi connectivity index (χ2n) is 6.42. The zero-order valence-corrected chi connectivity index (χ0v) is 16.5. The maximum Gasteiger partial charge on any atom is 0.416 e. The third-order valence-corrected chi connectivity index (χ3v) is 4.38. The molecule has 0 atom stereocenters. The van der Waals surface area contributed by atoms with Crippen molar-refractivity contribution in [2.24, 2.45) is 0 Å². The molecule has 1 aromatic carbocycles. The van der Waals surface area contributed by atoms with E-state index in [0.717, 1.165) is 37.6 Å². The van der Waals surface area contributed by atoms with Gasteiger partial charge in [0.25, 0.3) is 0 Å². The van der Waals surface area contributed by atoms with Crippen LogP contribution in [-0.2, 0) is 25.2 Å². The molecule has 0 amide bonds. The average Bonchev–Trinajstić information content (AvgIpc) is 2.68. The summed E-state index contributed by atoms with van der Waals surface area (Å²) < 4.78 is 49.3. The molecule has 0 radical (unpaired) electrons. The van der Waals surface area contributed by atoms with E-state index in [2.05, 4.69) is 5.32 Å². The number of ether oxygens (including phenoxy) is 2. The van der Waals surface area contributed by atoms with Crippen LogP contribution in [0.4, 0.5) is 24.5 Å². The third-order valence-electron chi connectivity index (χ3n) is 4.38. The van der Waals surface area contributed by atoms with Crippen molar-refractivity contribution in [1.82, 2.24) is 0 Å². The van der Waals surface area contributed by atoms with Crippen LogP contribution in [0.5, 0.6) is 0 Å². The first-order valence-electron chi connectivity index (χ1n) is 9.55. The molecule has 0 aromatic heterocycles. The number of carbonyl (C=O) groups excluding carboxylic acids is 2. The van der Waals surface area contributed by atoms with Crippen molar-refractivity contribution in [2.75, 3.05) is 36.5 Å². The lowest BCUT2D eigenvalue weighted by Gasteiger charge is -2.31. The predicted molar refractivity (Wildman–Crippen MR) is 102 cm³/mol. The van der Waals surface area contributed by atoms with Crippen molar-refractivity contribution in [3.05, 3.63) is 35.5 Å². The molecule has 1 saturated heterocycles. The topological polar surface area (TPSA) is 67.9 Å². The van der Waals surface area contributed by atoms with E-state index in [0.29, 0.717) is 18.8 Å². The molecule has 1 N–H and O–H groups in total. The van der Waals surface area contributed by atoms with Crippen LogP contribution in [0.3, 0.4) is 0 Å². The summed E-state index contributed by atoms with van der Waals surface area (Å²) in [5.74, 6) is -1.82. The number of anilines is 2. The number of piperidine rings is 1. The SMILES string of the molecule is CCOC(=O)C(=CNc1cc(C(F)(F)F)ccc1N1CCCCC1)C(=O)OCC. The third kappa shape index (κ3) is 6.13. The Kier molecular flexibility index (Phi) is 7.92. The molecule has 160 valence electrons. The molecule has 0 unspecified atom stereocenters. The Morgan fingerprint density at radius 2 is 1.66 bits per heavy atom. The van der Waals surface area contributed by atoms with Crippen LogP contribution in [-0.4, -0.2) is 38.2 Å². The number of halogens is 3. The van der Waals surface area contributed by atoms with Crippen LogP contribution in [0.15, 0.2) is 30.0 Å². The fourth-order valence-corrected chi connectivity index (χ4v) is 3.01. The van der Waals surface area contributed by atoms with Gasteiger partial charge in [-0.3, -0.25) is 0 Å². The standard InChI is InChI=1S/C20H25F3N2O4/c1-3-28-18(26)15(19(27)29-4-2)13-24-16-12-14(20(21,22)23)8-9-17(16)25-10-6-5-7-11-25/h8-9,12-13,24H,3-7,10-11H2,1-2H3. The van der Waals surface area contributed by atoms with Crippen LogP contribution in [0.1, 0.15) is 38.7 Å². The summed E-state index contributed by atoms with van der Waals surface area (Å²) in [6.45, 7) is 4.67. The van der Waals surface area contributed by atoms with Crippen LogP contribution in [0.2, 0.25) is 0 Å². The van der Waals surface area contributed by atoms with Gasteiger partial charge in [-0.2, -0.15) is 13.2 Å². The molecule has 6 nitrogen and oxygen atoms in total. The van der Waals surface area contributed by atoms with E-state index in [4.69, 9.17) is 9.47 Å². The van der Waals surface area contributed by atoms with Gasteiger partial charge in [0.15, 0.2) is 5.57 Å². The molecule has 0 saturated carbocycles. The summed E-state index contributed by atoms with van der Waals surface area (Å²) in [6, 6.07) is 3.39. The molecule has 0 spiro atoms. The van der Waals surface area contributed by atoms with Gasteiger partial charge in [0.05, 0.1) is 30.2 Å². The largest absolute Gasteiger partial charge is 0.462 e. The molecule has 0 bridgehead atoms. The molecule has 1 aliphatic rings. The number of alkyl halides is 3. The van der Waals surface area contributed by atoms with Gasteiger partial charge in [0, 0.05) is 19.3 Å². The summed E-state index contributed by atoms with van der Waals surface area (Å²) in [4.78, 5) is 26.1. The van der Waals surface area contributed by atoms with Crippen molar-refractivity contribution in [2.45, 2.75) is 39.3 Å². The van der Waals surface area contributed by atoms with Crippen LogP contribution >= 0.6 is 0 Å². The number of nitrogens with one attached hydrogen (secondary N) is 1. The lowest BCUT2D eigenvalue weighted by molar-refractivity contribution is -0.146. The second-order valence-corrected chi connectivity index (χ2v) is 6.42. The van der Waals surface area contributed by atoms with Gasteiger partial charge in [-0.15, -0.1) is 0 Å². The molecule has 1 aromatic rings. The minimum Gasteiger partial charge on any atom is -0.462 e. The van der Waals surface area contributed by atoms with Crippen molar-refractivity contribution in [3.8, 4) is 0 Å². The lowest BCUT2D eigenvalue weighted by Crippen LogP contribution is -2.30. The normalized spacial score (nSPS) is 14.2. The lowest BCUT2D eigenvalue weighted by atomic mass is 10.1. The number of hydrogen-bond donors (Lipinski definition) is 1. The second kappa shape index (κ2) is 10.2. The molecule has 0 aliphatic carbocycles.